The summed E-state index contributed by atoms with van der Waals surface area (Å²) in [7, 11) is 0. The van der Waals surface area contributed by atoms with Crippen molar-refractivity contribution in [1.82, 2.24) is 5.32 Å². The molecule has 112 valence electrons. The first kappa shape index (κ1) is 16.4. The number of hydrogen-bond acceptors (Lipinski definition) is 3. The summed E-state index contributed by atoms with van der Waals surface area (Å²) in [6, 6.07) is 0. The highest BCUT2D eigenvalue weighted by Crippen LogP contribution is 2.25. The standard InChI is InChI=1S/C15H30N2O2/c1-4-9-15(3,16)14(18)17-10-11-19-13-8-6-5-7-12(13)2/h12-13H,4-11,16H2,1-3H3,(H,17,18). The maximum Gasteiger partial charge on any atom is 0.239 e. The van der Waals surface area contributed by atoms with Crippen LogP contribution in [0.2, 0.25) is 0 Å². The van der Waals surface area contributed by atoms with E-state index < -0.39 is 5.54 Å². The van der Waals surface area contributed by atoms with Gasteiger partial charge in [0.1, 0.15) is 0 Å². The molecule has 1 saturated carbocycles. The molecule has 3 atom stereocenters. The van der Waals surface area contributed by atoms with Gasteiger partial charge in [-0.3, -0.25) is 4.79 Å². The molecule has 0 aromatic carbocycles. The van der Waals surface area contributed by atoms with E-state index in [9.17, 15) is 4.79 Å². The van der Waals surface area contributed by atoms with Crippen molar-refractivity contribution in [3.05, 3.63) is 0 Å². The second-order valence-electron chi connectivity index (χ2n) is 6.09. The van der Waals surface area contributed by atoms with Gasteiger partial charge in [0.25, 0.3) is 0 Å². The van der Waals surface area contributed by atoms with Crippen molar-refractivity contribution in [3.63, 3.8) is 0 Å². The zero-order chi connectivity index (χ0) is 14.3. The van der Waals surface area contributed by atoms with Gasteiger partial charge in [0.2, 0.25) is 5.91 Å². The van der Waals surface area contributed by atoms with E-state index in [0.717, 1.165) is 12.8 Å². The Labute approximate surface area is 117 Å². The van der Waals surface area contributed by atoms with Crippen LogP contribution in [0, 0.1) is 5.92 Å². The smallest absolute Gasteiger partial charge is 0.239 e. The lowest BCUT2D eigenvalue weighted by Crippen LogP contribution is -2.52. The molecule has 0 radical (unpaired) electrons. The van der Waals surface area contributed by atoms with Crippen LogP contribution in [0.3, 0.4) is 0 Å². The molecule has 19 heavy (non-hydrogen) atoms. The van der Waals surface area contributed by atoms with Crippen LogP contribution in [0.15, 0.2) is 0 Å². The van der Waals surface area contributed by atoms with Crippen LogP contribution < -0.4 is 11.1 Å². The number of nitrogens with one attached hydrogen (secondary N) is 1. The minimum Gasteiger partial charge on any atom is -0.376 e. The summed E-state index contributed by atoms with van der Waals surface area (Å²) >= 11 is 0. The van der Waals surface area contributed by atoms with Crippen molar-refractivity contribution in [2.24, 2.45) is 11.7 Å². The highest BCUT2D eigenvalue weighted by molar-refractivity contribution is 5.85. The Bertz CT molecular complexity index is 279. The second kappa shape index (κ2) is 7.85. The SMILES string of the molecule is CCCC(C)(N)C(=O)NCCOC1CCCCC1C. The number of rotatable bonds is 7. The van der Waals surface area contributed by atoms with Crippen LogP contribution in [0.4, 0.5) is 0 Å². The fourth-order valence-corrected chi connectivity index (χ4v) is 2.74. The van der Waals surface area contributed by atoms with Gasteiger partial charge in [-0.2, -0.15) is 0 Å². The Morgan fingerprint density at radius 1 is 1.42 bits per heavy atom. The van der Waals surface area contributed by atoms with Crippen LogP contribution in [-0.4, -0.2) is 30.7 Å². The van der Waals surface area contributed by atoms with E-state index in [1.807, 2.05) is 6.92 Å². The minimum absolute atomic E-state index is 0.0744. The average Bonchev–Trinajstić information content (AvgIpc) is 2.36. The highest BCUT2D eigenvalue weighted by Gasteiger charge is 2.27. The van der Waals surface area contributed by atoms with E-state index in [2.05, 4.69) is 12.2 Å². The largest absolute Gasteiger partial charge is 0.376 e. The monoisotopic (exact) mass is 270 g/mol. The van der Waals surface area contributed by atoms with Crippen LogP contribution in [-0.2, 0) is 9.53 Å². The summed E-state index contributed by atoms with van der Waals surface area (Å²) < 4.78 is 5.86. The molecule has 0 heterocycles. The van der Waals surface area contributed by atoms with Gasteiger partial charge in [0.15, 0.2) is 0 Å². The lowest BCUT2D eigenvalue weighted by atomic mass is 9.88. The zero-order valence-electron chi connectivity index (χ0n) is 12.7. The molecule has 0 saturated heterocycles. The van der Waals surface area contributed by atoms with Crippen molar-refractivity contribution < 1.29 is 9.53 Å². The number of hydrogen-bond donors (Lipinski definition) is 2. The van der Waals surface area contributed by atoms with Gasteiger partial charge in [-0.05, 0) is 32.1 Å². The van der Waals surface area contributed by atoms with Crippen LogP contribution in [0.1, 0.15) is 59.3 Å². The summed E-state index contributed by atoms with van der Waals surface area (Å²) in [6.45, 7) is 7.21. The summed E-state index contributed by atoms with van der Waals surface area (Å²) in [5, 5.41) is 2.87. The second-order valence-corrected chi connectivity index (χ2v) is 6.09. The number of carbonyl (C=O) groups is 1. The molecule has 1 amide bonds. The zero-order valence-corrected chi connectivity index (χ0v) is 12.7. The molecule has 4 heteroatoms. The van der Waals surface area contributed by atoms with Gasteiger partial charge in [0.05, 0.1) is 18.2 Å². The lowest BCUT2D eigenvalue weighted by Gasteiger charge is -2.29. The molecule has 3 unspecified atom stereocenters. The van der Waals surface area contributed by atoms with Crippen LogP contribution >= 0.6 is 0 Å². The first-order valence-corrected chi connectivity index (χ1v) is 7.66. The van der Waals surface area contributed by atoms with E-state index in [0.29, 0.717) is 31.6 Å². The van der Waals surface area contributed by atoms with Gasteiger partial charge < -0.3 is 15.8 Å². The van der Waals surface area contributed by atoms with E-state index in [-0.39, 0.29) is 5.91 Å². The fraction of sp³-hybridized carbons (Fsp3) is 0.933. The summed E-state index contributed by atoms with van der Waals surface area (Å²) in [6.07, 6.45) is 6.98. The molecule has 0 aliphatic heterocycles. The Hall–Kier alpha value is -0.610. The molecule has 1 fully saturated rings. The van der Waals surface area contributed by atoms with Gasteiger partial charge in [-0.25, -0.2) is 0 Å². The van der Waals surface area contributed by atoms with Crippen molar-refractivity contribution in [3.8, 4) is 0 Å². The van der Waals surface area contributed by atoms with E-state index >= 15 is 0 Å². The van der Waals surface area contributed by atoms with Crippen molar-refractivity contribution >= 4 is 5.91 Å². The van der Waals surface area contributed by atoms with Crippen molar-refractivity contribution in [2.75, 3.05) is 13.2 Å². The lowest BCUT2D eigenvalue weighted by molar-refractivity contribution is -0.126. The number of carbonyl (C=O) groups excluding carboxylic acids is 1. The molecule has 3 N–H and O–H groups in total. The predicted molar refractivity (Wildman–Crippen MR) is 77.9 cm³/mol. The minimum atomic E-state index is -0.757. The third-order valence-electron chi connectivity index (χ3n) is 4.04. The maximum absolute atomic E-state index is 11.9. The van der Waals surface area contributed by atoms with E-state index in [4.69, 9.17) is 10.5 Å². The number of amides is 1. The van der Waals surface area contributed by atoms with E-state index in [1.54, 1.807) is 6.92 Å². The number of nitrogens with two attached hydrogens (primary N) is 1. The molecule has 0 aromatic rings. The molecule has 0 bridgehead atoms. The Morgan fingerprint density at radius 3 is 2.74 bits per heavy atom. The first-order valence-electron chi connectivity index (χ1n) is 7.66. The molecule has 1 aliphatic rings. The van der Waals surface area contributed by atoms with Crippen molar-refractivity contribution in [2.45, 2.75) is 70.9 Å². The van der Waals surface area contributed by atoms with Crippen molar-refractivity contribution in [1.29, 1.82) is 0 Å². The van der Waals surface area contributed by atoms with Crippen LogP contribution in [0.25, 0.3) is 0 Å². The van der Waals surface area contributed by atoms with E-state index in [1.165, 1.54) is 19.3 Å². The molecular formula is C15H30N2O2. The Morgan fingerprint density at radius 2 is 2.11 bits per heavy atom. The molecule has 0 aromatic heterocycles. The summed E-state index contributed by atoms with van der Waals surface area (Å²) in [5.41, 5.74) is 5.21. The molecule has 4 nitrogen and oxygen atoms in total. The highest BCUT2D eigenvalue weighted by atomic mass is 16.5. The Kier molecular flexibility index (Phi) is 6.80. The molecule has 0 spiro atoms. The fourth-order valence-electron chi connectivity index (χ4n) is 2.74. The summed E-state index contributed by atoms with van der Waals surface area (Å²) in [4.78, 5) is 11.9. The number of ether oxygens (including phenoxy) is 1. The molecule has 1 rings (SSSR count). The third-order valence-corrected chi connectivity index (χ3v) is 4.04. The molecular weight excluding hydrogens is 240 g/mol. The molecule has 1 aliphatic carbocycles. The average molecular weight is 270 g/mol. The maximum atomic E-state index is 11.9. The quantitative estimate of drug-likeness (QED) is 0.697. The topological polar surface area (TPSA) is 64.4 Å². The normalized spacial score (nSPS) is 26.7. The van der Waals surface area contributed by atoms with Gasteiger partial charge >= 0.3 is 0 Å². The van der Waals surface area contributed by atoms with Gasteiger partial charge in [-0.15, -0.1) is 0 Å². The van der Waals surface area contributed by atoms with Crippen LogP contribution in [0.5, 0.6) is 0 Å². The summed E-state index contributed by atoms with van der Waals surface area (Å²) in [5.74, 6) is 0.568. The van der Waals surface area contributed by atoms with Gasteiger partial charge in [0, 0.05) is 6.54 Å². The third kappa shape index (κ3) is 5.49. The first-order chi connectivity index (χ1) is 8.97. The Balaban J connectivity index is 2.18. The predicted octanol–water partition coefficient (Wildman–Crippen LogP) is 2.22. The van der Waals surface area contributed by atoms with Gasteiger partial charge in [-0.1, -0.05) is 33.1 Å².